The number of nitrogens with one attached hydrogen (secondary N) is 2. The number of rotatable bonds is 9. The molecule has 0 radical (unpaired) electrons. The highest BCUT2D eigenvalue weighted by atomic mass is 32.2. The van der Waals surface area contributed by atoms with Crippen molar-refractivity contribution in [3.05, 3.63) is 65.7 Å². The van der Waals surface area contributed by atoms with Crippen LogP contribution in [0.1, 0.15) is 17.5 Å². The third-order valence-corrected chi connectivity index (χ3v) is 5.61. The van der Waals surface area contributed by atoms with Crippen LogP contribution in [-0.4, -0.2) is 52.7 Å². The van der Waals surface area contributed by atoms with Gasteiger partial charge in [-0.05, 0) is 35.4 Å². The normalized spacial score (nSPS) is 17.8. The van der Waals surface area contributed by atoms with Gasteiger partial charge in [-0.25, -0.2) is 4.79 Å². The first-order valence-corrected chi connectivity index (χ1v) is 10.6. The van der Waals surface area contributed by atoms with Crippen LogP contribution >= 0.6 is 11.8 Å². The van der Waals surface area contributed by atoms with Gasteiger partial charge in [0, 0.05) is 12.8 Å². The Hall–Kier alpha value is -3.66. The lowest BCUT2D eigenvalue weighted by molar-refractivity contribution is -0.141. The van der Waals surface area contributed by atoms with E-state index in [1.807, 2.05) is 18.2 Å². The number of ether oxygens (including phenoxy) is 1. The number of carboxylic acid groups (broad SMARTS) is 1. The predicted molar refractivity (Wildman–Crippen MR) is 122 cm³/mol. The number of amides is 2. The van der Waals surface area contributed by atoms with E-state index in [-0.39, 0.29) is 23.9 Å². The summed E-state index contributed by atoms with van der Waals surface area (Å²) in [5.41, 5.74) is 1.59. The quantitative estimate of drug-likeness (QED) is 0.392. The summed E-state index contributed by atoms with van der Waals surface area (Å²) in [5.74, 6) is -1.31. The number of aliphatic carboxylic acids is 1. The van der Waals surface area contributed by atoms with E-state index in [0.717, 1.165) is 28.6 Å². The van der Waals surface area contributed by atoms with Crippen molar-refractivity contribution in [1.29, 1.82) is 0 Å². The van der Waals surface area contributed by atoms with Gasteiger partial charge in [0.25, 0.3) is 0 Å². The van der Waals surface area contributed by atoms with E-state index < -0.39 is 23.2 Å². The molecule has 32 heavy (non-hydrogen) atoms. The lowest BCUT2D eigenvalue weighted by Gasteiger charge is -2.15. The van der Waals surface area contributed by atoms with Gasteiger partial charge in [0.15, 0.2) is 5.17 Å². The summed E-state index contributed by atoms with van der Waals surface area (Å²) in [7, 11) is 1.58. The first-order valence-electron chi connectivity index (χ1n) is 9.73. The van der Waals surface area contributed by atoms with Crippen LogP contribution in [0, 0.1) is 0 Å². The van der Waals surface area contributed by atoms with Crippen molar-refractivity contribution in [3.8, 4) is 5.75 Å². The minimum atomic E-state index is -1.14. The number of hydrogen-bond acceptors (Lipinski definition) is 7. The number of nitrogens with zero attached hydrogens (tertiary/aromatic N) is 2. The number of amidine groups is 1. The van der Waals surface area contributed by atoms with Crippen molar-refractivity contribution >= 4 is 40.9 Å². The van der Waals surface area contributed by atoms with E-state index in [4.69, 9.17) is 4.74 Å². The molecule has 166 valence electrons. The maximum Gasteiger partial charge on any atom is 0.326 e. The van der Waals surface area contributed by atoms with Gasteiger partial charge in [-0.2, -0.15) is 5.10 Å². The number of thioether (sulfide) groups is 1. The molecule has 0 spiro atoms. The fraction of sp³-hybridized carbons (Fsp3) is 0.227. The lowest BCUT2D eigenvalue weighted by atomic mass is 10.1. The summed E-state index contributed by atoms with van der Waals surface area (Å²) in [5, 5.41) is 22.0. The average Bonchev–Trinajstić information content (AvgIpc) is 3.13. The molecule has 2 aromatic rings. The minimum Gasteiger partial charge on any atom is -0.497 e. The van der Waals surface area contributed by atoms with Crippen molar-refractivity contribution in [2.24, 2.45) is 10.2 Å². The monoisotopic (exact) mass is 454 g/mol. The van der Waals surface area contributed by atoms with Crippen molar-refractivity contribution in [2.45, 2.75) is 24.1 Å². The Morgan fingerprint density at radius 2 is 1.94 bits per heavy atom. The zero-order valence-corrected chi connectivity index (χ0v) is 18.0. The summed E-state index contributed by atoms with van der Waals surface area (Å²) in [6, 6.07) is 15.1. The van der Waals surface area contributed by atoms with Crippen LogP contribution in [0.5, 0.6) is 5.75 Å². The molecular weight excluding hydrogens is 432 g/mol. The summed E-state index contributed by atoms with van der Waals surface area (Å²) >= 11 is 1.08. The molecule has 0 aliphatic carbocycles. The van der Waals surface area contributed by atoms with Gasteiger partial charge < -0.3 is 20.5 Å². The van der Waals surface area contributed by atoms with Gasteiger partial charge in [-0.15, -0.1) is 5.10 Å². The van der Waals surface area contributed by atoms with Crippen LogP contribution in [0.3, 0.4) is 0 Å². The van der Waals surface area contributed by atoms with Gasteiger partial charge in [0.1, 0.15) is 17.0 Å². The molecule has 1 saturated heterocycles. The number of benzene rings is 2. The van der Waals surface area contributed by atoms with Crippen molar-refractivity contribution < 1.29 is 24.2 Å². The topological polar surface area (TPSA) is 129 Å². The maximum absolute atomic E-state index is 12.4. The summed E-state index contributed by atoms with van der Waals surface area (Å²) in [4.78, 5) is 36.0. The van der Waals surface area contributed by atoms with E-state index in [9.17, 15) is 19.5 Å². The SMILES string of the molecule is COc1ccc(/C=N/N=C2/NC(=O)C(CC(=O)NC(Cc3ccccc3)C(=O)O)S2)cc1. The van der Waals surface area contributed by atoms with Crippen LogP contribution < -0.4 is 15.4 Å². The number of carboxylic acids is 1. The molecule has 3 N–H and O–H groups in total. The fourth-order valence-corrected chi connectivity index (χ4v) is 3.82. The Labute approximate surface area is 189 Å². The molecule has 1 fully saturated rings. The van der Waals surface area contributed by atoms with Crippen molar-refractivity contribution in [3.63, 3.8) is 0 Å². The smallest absolute Gasteiger partial charge is 0.326 e. The van der Waals surface area contributed by atoms with E-state index in [2.05, 4.69) is 20.8 Å². The third kappa shape index (κ3) is 6.67. The number of methoxy groups -OCH3 is 1. The van der Waals surface area contributed by atoms with Crippen LogP contribution in [0.15, 0.2) is 64.8 Å². The first kappa shape index (κ1) is 23.0. The van der Waals surface area contributed by atoms with Gasteiger partial charge in [0.05, 0.1) is 13.3 Å². The molecule has 2 aromatic carbocycles. The Morgan fingerprint density at radius 3 is 2.59 bits per heavy atom. The second kappa shape index (κ2) is 11.1. The Bertz CT molecular complexity index is 1020. The molecular formula is C22H22N4O5S. The van der Waals surface area contributed by atoms with E-state index in [1.54, 1.807) is 43.5 Å². The van der Waals surface area contributed by atoms with Crippen LogP contribution in [0.25, 0.3) is 0 Å². The molecule has 3 rings (SSSR count). The highest BCUT2D eigenvalue weighted by Crippen LogP contribution is 2.22. The summed E-state index contributed by atoms with van der Waals surface area (Å²) in [6.07, 6.45) is 1.51. The first-order chi connectivity index (χ1) is 15.4. The van der Waals surface area contributed by atoms with Gasteiger partial charge in [-0.1, -0.05) is 42.1 Å². The van der Waals surface area contributed by atoms with Crippen molar-refractivity contribution in [2.75, 3.05) is 7.11 Å². The maximum atomic E-state index is 12.4. The standard InChI is InChI=1S/C22H22N4O5S/c1-31-16-9-7-15(8-10-16)13-23-26-22-25-20(28)18(32-22)12-19(27)24-17(21(29)30)11-14-5-3-2-4-6-14/h2-10,13,17-18H,11-12H2,1H3,(H,24,27)(H,29,30)(H,25,26,28)/b23-13+. The highest BCUT2D eigenvalue weighted by molar-refractivity contribution is 8.15. The third-order valence-electron chi connectivity index (χ3n) is 4.53. The Balaban J connectivity index is 1.53. The molecule has 0 aromatic heterocycles. The fourth-order valence-electron chi connectivity index (χ4n) is 2.90. The molecule has 1 heterocycles. The van der Waals surface area contributed by atoms with Crippen LogP contribution in [0.4, 0.5) is 0 Å². The second-order valence-electron chi connectivity index (χ2n) is 6.87. The number of carbonyl (C=O) groups excluding carboxylic acids is 2. The zero-order valence-electron chi connectivity index (χ0n) is 17.2. The van der Waals surface area contributed by atoms with Gasteiger partial charge in [0.2, 0.25) is 11.8 Å². The summed E-state index contributed by atoms with van der Waals surface area (Å²) < 4.78 is 5.09. The number of hydrogen-bond donors (Lipinski definition) is 3. The van der Waals surface area contributed by atoms with Crippen LogP contribution in [-0.2, 0) is 20.8 Å². The molecule has 9 nitrogen and oxygen atoms in total. The van der Waals surface area contributed by atoms with E-state index >= 15 is 0 Å². The highest BCUT2D eigenvalue weighted by Gasteiger charge is 2.33. The average molecular weight is 455 g/mol. The van der Waals surface area contributed by atoms with Gasteiger partial charge >= 0.3 is 5.97 Å². The largest absolute Gasteiger partial charge is 0.497 e. The minimum absolute atomic E-state index is 0.151. The van der Waals surface area contributed by atoms with Crippen LogP contribution in [0.2, 0.25) is 0 Å². The molecule has 0 saturated carbocycles. The van der Waals surface area contributed by atoms with Crippen molar-refractivity contribution in [1.82, 2.24) is 10.6 Å². The van der Waals surface area contributed by atoms with E-state index in [1.165, 1.54) is 6.21 Å². The second-order valence-corrected chi connectivity index (χ2v) is 8.06. The Kier molecular flexibility index (Phi) is 7.98. The predicted octanol–water partition coefficient (Wildman–Crippen LogP) is 1.82. The molecule has 10 heteroatoms. The lowest BCUT2D eigenvalue weighted by Crippen LogP contribution is -2.43. The molecule has 2 unspecified atom stereocenters. The molecule has 1 aliphatic heterocycles. The molecule has 2 amide bonds. The Morgan fingerprint density at radius 1 is 1.22 bits per heavy atom. The number of carbonyl (C=O) groups is 3. The molecule has 0 bridgehead atoms. The zero-order chi connectivity index (χ0) is 22.9. The van der Waals surface area contributed by atoms with E-state index in [0.29, 0.717) is 0 Å². The molecule has 1 aliphatic rings. The van der Waals surface area contributed by atoms with Gasteiger partial charge in [-0.3, -0.25) is 9.59 Å². The molecule has 2 atom stereocenters. The summed E-state index contributed by atoms with van der Waals surface area (Å²) in [6.45, 7) is 0.